The highest BCUT2D eigenvalue weighted by Crippen LogP contribution is 2.26. The van der Waals surface area contributed by atoms with Gasteiger partial charge in [0, 0.05) is 13.0 Å². The van der Waals surface area contributed by atoms with Crippen molar-refractivity contribution in [3.8, 4) is 0 Å². The maximum absolute atomic E-state index is 10.6. The van der Waals surface area contributed by atoms with Gasteiger partial charge in [-0.15, -0.1) is 14.8 Å². The fraction of sp³-hybridized carbons (Fsp3) is 0.583. The summed E-state index contributed by atoms with van der Waals surface area (Å²) in [6.07, 6.45) is 1.71. The Morgan fingerprint density at radius 3 is 2.95 bits per heavy atom. The minimum atomic E-state index is -0.753. The Hall–Kier alpha value is -2.25. The molecule has 2 N–H and O–H groups in total. The van der Waals surface area contributed by atoms with Crippen molar-refractivity contribution in [3.63, 3.8) is 0 Å². The van der Waals surface area contributed by atoms with Gasteiger partial charge in [0.05, 0.1) is 0 Å². The van der Waals surface area contributed by atoms with Gasteiger partial charge in [-0.2, -0.15) is 0 Å². The van der Waals surface area contributed by atoms with Crippen LogP contribution in [0.15, 0.2) is 12.1 Å². The molecular weight excluding hydrogens is 260 g/mol. The highest BCUT2D eigenvalue weighted by molar-refractivity contribution is 5.66. The van der Waals surface area contributed by atoms with E-state index in [4.69, 9.17) is 5.11 Å². The topological polar surface area (TPSA) is 105 Å². The van der Waals surface area contributed by atoms with E-state index in [1.807, 2.05) is 6.07 Å². The second kappa shape index (κ2) is 5.81. The lowest BCUT2D eigenvalue weighted by atomic mass is 9.84. The van der Waals surface area contributed by atoms with Gasteiger partial charge in [0.15, 0.2) is 5.65 Å². The molecule has 0 amide bonds. The van der Waals surface area contributed by atoms with E-state index in [-0.39, 0.29) is 11.8 Å². The molecule has 2 rings (SSSR count). The van der Waals surface area contributed by atoms with Crippen LogP contribution in [0.1, 0.15) is 33.1 Å². The van der Waals surface area contributed by atoms with Gasteiger partial charge in [-0.1, -0.05) is 13.8 Å². The van der Waals surface area contributed by atoms with Crippen molar-refractivity contribution in [2.75, 3.05) is 11.9 Å². The highest BCUT2D eigenvalue weighted by atomic mass is 16.4. The Morgan fingerprint density at radius 1 is 1.40 bits per heavy atom. The molecular formula is C12H18N6O2. The number of carboxylic acids is 1. The molecule has 0 fully saturated rings. The average Bonchev–Trinajstić information content (AvgIpc) is 2.84. The summed E-state index contributed by atoms with van der Waals surface area (Å²) in [6, 6.07) is 3.60. The van der Waals surface area contributed by atoms with Gasteiger partial charge in [0.2, 0.25) is 0 Å². The van der Waals surface area contributed by atoms with Crippen LogP contribution in [0.4, 0.5) is 5.82 Å². The maximum atomic E-state index is 10.6. The van der Waals surface area contributed by atoms with Gasteiger partial charge in [-0.05, 0) is 40.8 Å². The molecule has 20 heavy (non-hydrogen) atoms. The Kier molecular flexibility index (Phi) is 4.11. The van der Waals surface area contributed by atoms with Gasteiger partial charge >= 0.3 is 5.97 Å². The standard InChI is InChI=1S/C12H18N6O2/c1-12(2,6-5-11(19)20)7-8-13-9-3-4-10-14-16-17-18(10)15-9/h3-4H,5-8H2,1-2H3,(H,13,15)(H,19,20). The lowest BCUT2D eigenvalue weighted by molar-refractivity contribution is -0.137. The van der Waals surface area contributed by atoms with Crippen LogP contribution in [0.5, 0.6) is 0 Å². The van der Waals surface area contributed by atoms with Crippen molar-refractivity contribution in [2.24, 2.45) is 5.41 Å². The first-order valence-corrected chi connectivity index (χ1v) is 6.47. The number of fused-ring (bicyclic) bond motifs is 1. The van der Waals surface area contributed by atoms with Gasteiger partial charge < -0.3 is 10.4 Å². The molecule has 0 atom stereocenters. The Morgan fingerprint density at radius 2 is 2.20 bits per heavy atom. The number of aliphatic carboxylic acids is 1. The summed E-state index contributed by atoms with van der Waals surface area (Å²) >= 11 is 0. The van der Waals surface area contributed by atoms with E-state index in [2.05, 4.69) is 39.8 Å². The number of nitrogens with zero attached hydrogens (tertiary/aromatic N) is 5. The van der Waals surface area contributed by atoms with Crippen molar-refractivity contribution in [1.29, 1.82) is 0 Å². The number of nitrogens with one attached hydrogen (secondary N) is 1. The lowest BCUT2D eigenvalue weighted by Crippen LogP contribution is -2.18. The Bertz CT molecular complexity index is 594. The number of aromatic nitrogens is 5. The first-order chi connectivity index (χ1) is 9.46. The zero-order chi connectivity index (χ0) is 14.6. The second-order valence-electron chi connectivity index (χ2n) is 5.48. The van der Waals surface area contributed by atoms with E-state index in [1.165, 1.54) is 4.63 Å². The predicted molar refractivity (Wildman–Crippen MR) is 72.3 cm³/mol. The normalized spacial score (nSPS) is 11.7. The van der Waals surface area contributed by atoms with Crippen LogP contribution in [0.2, 0.25) is 0 Å². The number of rotatable bonds is 7. The van der Waals surface area contributed by atoms with Gasteiger partial charge in [-0.25, -0.2) is 0 Å². The molecule has 0 aliphatic heterocycles. The van der Waals surface area contributed by atoms with E-state index in [0.717, 1.165) is 6.42 Å². The van der Waals surface area contributed by atoms with Crippen LogP contribution >= 0.6 is 0 Å². The van der Waals surface area contributed by atoms with Crippen LogP contribution in [0.25, 0.3) is 5.65 Å². The number of anilines is 1. The monoisotopic (exact) mass is 278 g/mol. The molecule has 2 aromatic heterocycles. The Balaban J connectivity index is 1.84. The molecule has 0 saturated carbocycles. The largest absolute Gasteiger partial charge is 0.481 e. The van der Waals surface area contributed by atoms with Crippen LogP contribution in [0.3, 0.4) is 0 Å². The number of carboxylic acid groups (broad SMARTS) is 1. The summed E-state index contributed by atoms with van der Waals surface area (Å²) in [5.74, 6) is -0.0596. The van der Waals surface area contributed by atoms with Crippen LogP contribution < -0.4 is 5.32 Å². The molecule has 0 aromatic carbocycles. The lowest BCUT2D eigenvalue weighted by Gasteiger charge is -2.23. The smallest absolute Gasteiger partial charge is 0.303 e. The van der Waals surface area contributed by atoms with Gasteiger partial charge in [-0.3, -0.25) is 4.79 Å². The molecule has 0 radical (unpaired) electrons. The van der Waals surface area contributed by atoms with E-state index < -0.39 is 5.97 Å². The summed E-state index contributed by atoms with van der Waals surface area (Å²) < 4.78 is 1.36. The zero-order valence-electron chi connectivity index (χ0n) is 11.6. The molecule has 0 bridgehead atoms. The molecule has 2 aromatic rings. The van der Waals surface area contributed by atoms with E-state index >= 15 is 0 Å². The molecule has 0 saturated heterocycles. The molecule has 2 heterocycles. The highest BCUT2D eigenvalue weighted by Gasteiger charge is 2.18. The van der Waals surface area contributed by atoms with Crippen LogP contribution in [0, 0.1) is 5.41 Å². The van der Waals surface area contributed by atoms with Gasteiger partial charge in [0.25, 0.3) is 0 Å². The van der Waals surface area contributed by atoms with E-state index in [0.29, 0.717) is 24.4 Å². The minimum absolute atomic E-state index is 0.0235. The third kappa shape index (κ3) is 3.87. The number of carbonyl (C=O) groups is 1. The molecule has 8 nitrogen and oxygen atoms in total. The van der Waals surface area contributed by atoms with Crippen molar-refractivity contribution < 1.29 is 9.90 Å². The van der Waals surface area contributed by atoms with Crippen molar-refractivity contribution in [1.82, 2.24) is 25.3 Å². The molecule has 0 spiro atoms. The van der Waals surface area contributed by atoms with E-state index in [1.54, 1.807) is 6.07 Å². The van der Waals surface area contributed by atoms with Crippen molar-refractivity contribution >= 4 is 17.4 Å². The van der Waals surface area contributed by atoms with Crippen LogP contribution in [-0.4, -0.2) is 42.9 Å². The third-order valence-corrected chi connectivity index (χ3v) is 3.19. The summed E-state index contributed by atoms with van der Waals surface area (Å²) in [5, 5.41) is 27.1. The summed E-state index contributed by atoms with van der Waals surface area (Å²) in [4.78, 5) is 10.6. The van der Waals surface area contributed by atoms with Crippen molar-refractivity contribution in [2.45, 2.75) is 33.1 Å². The quantitative estimate of drug-likeness (QED) is 0.784. The molecule has 0 aliphatic carbocycles. The second-order valence-corrected chi connectivity index (χ2v) is 5.48. The number of hydrogen-bond donors (Lipinski definition) is 2. The maximum Gasteiger partial charge on any atom is 0.303 e. The van der Waals surface area contributed by atoms with E-state index in [9.17, 15) is 4.79 Å². The first-order valence-electron chi connectivity index (χ1n) is 6.47. The third-order valence-electron chi connectivity index (χ3n) is 3.19. The minimum Gasteiger partial charge on any atom is -0.481 e. The van der Waals surface area contributed by atoms with Gasteiger partial charge in [0.1, 0.15) is 5.82 Å². The zero-order valence-corrected chi connectivity index (χ0v) is 11.6. The fourth-order valence-corrected chi connectivity index (χ4v) is 1.84. The number of tetrazole rings is 1. The molecule has 0 unspecified atom stereocenters. The molecule has 0 aliphatic rings. The average molecular weight is 278 g/mol. The molecule has 8 heteroatoms. The fourth-order valence-electron chi connectivity index (χ4n) is 1.84. The summed E-state index contributed by atoms with van der Waals surface area (Å²) in [6.45, 7) is 4.85. The SMILES string of the molecule is CC(C)(CCNc1ccc2nnnn2n1)CCC(=O)O. The molecule has 108 valence electrons. The summed E-state index contributed by atoms with van der Waals surface area (Å²) in [5.41, 5.74) is 0.571. The predicted octanol–water partition coefficient (Wildman–Crippen LogP) is 1.21. The Labute approximate surface area is 116 Å². The summed E-state index contributed by atoms with van der Waals surface area (Å²) in [7, 11) is 0. The van der Waals surface area contributed by atoms with Crippen LogP contribution in [-0.2, 0) is 4.79 Å². The van der Waals surface area contributed by atoms with Crippen molar-refractivity contribution in [3.05, 3.63) is 12.1 Å². The first kappa shape index (κ1) is 14.2. The number of hydrogen-bond acceptors (Lipinski definition) is 6.